The second-order valence-corrected chi connectivity index (χ2v) is 3.94. The van der Waals surface area contributed by atoms with Crippen LogP contribution in [0.3, 0.4) is 0 Å². The summed E-state index contributed by atoms with van der Waals surface area (Å²) in [6.45, 7) is 2.11. The minimum absolute atomic E-state index is 0.00899. The lowest BCUT2D eigenvalue weighted by Crippen LogP contribution is -1.99. The highest BCUT2D eigenvalue weighted by atomic mass is 16.3. The first kappa shape index (κ1) is 12.6. The Morgan fingerprint density at radius 2 is 1.94 bits per heavy atom. The topological polar surface area (TPSA) is 57.5 Å². The molecule has 1 aromatic carbocycles. The van der Waals surface area contributed by atoms with Crippen molar-refractivity contribution in [3.8, 4) is 11.5 Å². The Kier molecular flexibility index (Phi) is 4.83. The first-order chi connectivity index (χ1) is 7.65. The van der Waals surface area contributed by atoms with E-state index in [2.05, 4.69) is 6.92 Å². The Hall–Kier alpha value is -1.51. The summed E-state index contributed by atoms with van der Waals surface area (Å²) in [5.74, 6) is -0.155. The van der Waals surface area contributed by atoms with Crippen molar-refractivity contribution in [2.24, 2.45) is 0 Å². The summed E-state index contributed by atoms with van der Waals surface area (Å²) in [4.78, 5) is 11.7. The Bertz CT molecular complexity index is 358. The van der Waals surface area contributed by atoms with Gasteiger partial charge in [-0.2, -0.15) is 0 Å². The van der Waals surface area contributed by atoms with Gasteiger partial charge in [-0.05, 0) is 24.6 Å². The van der Waals surface area contributed by atoms with Gasteiger partial charge in [0, 0.05) is 6.42 Å². The number of phenolic OH excluding ortho intramolecular Hbond substituents is 2. The van der Waals surface area contributed by atoms with Gasteiger partial charge < -0.3 is 10.2 Å². The van der Waals surface area contributed by atoms with Crippen LogP contribution in [0.2, 0.25) is 0 Å². The third kappa shape index (κ3) is 3.57. The van der Waals surface area contributed by atoms with Crippen molar-refractivity contribution in [1.82, 2.24) is 0 Å². The van der Waals surface area contributed by atoms with Crippen LogP contribution in [-0.4, -0.2) is 16.0 Å². The summed E-state index contributed by atoms with van der Waals surface area (Å²) in [6, 6.07) is 4.02. The lowest BCUT2D eigenvalue weighted by atomic mass is 10.0. The van der Waals surface area contributed by atoms with E-state index in [1.807, 2.05) is 0 Å². The third-order valence-corrected chi connectivity index (χ3v) is 2.54. The van der Waals surface area contributed by atoms with Crippen LogP contribution in [0, 0.1) is 0 Å². The largest absolute Gasteiger partial charge is 0.508 e. The first-order valence-electron chi connectivity index (χ1n) is 5.70. The molecule has 0 heterocycles. The highest BCUT2D eigenvalue weighted by Gasteiger charge is 2.11. The number of benzene rings is 1. The normalized spacial score (nSPS) is 10.3. The molecule has 1 aromatic rings. The summed E-state index contributed by atoms with van der Waals surface area (Å²) in [5.41, 5.74) is 0.219. The monoisotopic (exact) mass is 222 g/mol. The number of hydrogen-bond donors (Lipinski definition) is 2. The number of aromatic hydroxyl groups is 2. The number of Topliss-reactive ketones (excluding diaryl/α,β-unsaturated/α-hetero) is 1. The van der Waals surface area contributed by atoms with Gasteiger partial charge in [0.05, 0.1) is 5.56 Å². The van der Waals surface area contributed by atoms with Gasteiger partial charge in [-0.25, -0.2) is 0 Å². The molecule has 3 heteroatoms. The Morgan fingerprint density at radius 1 is 1.19 bits per heavy atom. The highest BCUT2D eigenvalue weighted by molar-refractivity contribution is 5.98. The zero-order valence-electron chi connectivity index (χ0n) is 9.57. The summed E-state index contributed by atoms with van der Waals surface area (Å²) >= 11 is 0. The number of ketones is 1. The maximum atomic E-state index is 11.7. The van der Waals surface area contributed by atoms with Crippen LogP contribution in [0.4, 0.5) is 0 Å². The maximum absolute atomic E-state index is 11.7. The van der Waals surface area contributed by atoms with Crippen molar-refractivity contribution in [2.75, 3.05) is 0 Å². The SMILES string of the molecule is CCCCCCC(=O)c1cc(O)ccc1O. The molecule has 0 unspecified atom stereocenters. The number of carbonyl (C=O) groups excluding carboxylic acids is 1. The molecule has 1 rings (SSSR count). The van der Waals surface area contributed by atoms with E-state index >= 15 is 0 Å². The van der Waals surface area contributed by atoms with Crippen LogP contribution < -0.4 is 0 Å². The fraction of sp³-hybridized carbons (Fsp3) is 0.462. The smallest absolute Gasteiger partial charge is 0.166 e. The molecular weight excluding hydrogens is 204 g/mol. The number of unbranched alkanes of at least 4 members (excludes halogenated alkanes) is 3. The first-order valence-corrected chi connectivity index (χ1v) is 5.70. The molecule has 0 fully saturated rings. The standard InChI is InChI=1S/C13H18O3/c1-2-3-4-5-6-12(15)11-9-10(14)7-8-13(11)16/h7-9,14,16H,2-6H2,1H3. The fourth-order valence-electron chi connectivity index (χ4n) is 1.59. The number of phenols is 2. The van der Waals surface area contributed by atoms with E-state index in [1.54, 1.807) is 0 Å². The molecule has 16 heavy (non-hydrogen) atoms. The Morgan fingerprint density at radius 3 is 2.62 bits per heavy atom. The van der Waals surface area contributed by atoms with E-state index in [0.717, 1.165) is 25.7 Å². The lowest BCUT2D eigenvalue weighted by molar-refractivity contribution is 0.0976. The van der Waals surface area contributed by atoms with Gasteiger partial charge in [-0.15, -0.1) is 0 Å². The predicted octanol–water partition coefficient (Wildman–Crippen LogP) is 3.25. The Balaban J connectivity index is 2.55. The lowest BCUT2D eigenvalue weighted by Gasteiger charge is -2.04. The molecule has 0 bridgehead atoms. The molecule has 0 aliphatic heterocycles. The second-order valence-electron chi connectivity index (χ2n) is 3.94. The summed E-state index contributed by atoms with van der Waals surface area (Å²) in [7, 11) is 0. The Labute approximate surface area is 95.7 Å². The van der Waals surface area contributed by atoms with Crippen molar-refractivity contribution in [2.45, 2.75) is 39.0 Å². The number of carbonyl (C=O) groups is 1. The zero-order chi connectivity index (χ0) is 12.0. The van der Waals surface area contributed by atoms with Gasteiger partial charge in [0.15, 0.2) is 5.78 Å². The fourth-order valence-corrected chi connectivity index (χ4v) is 1.59. The molecule has 0 aliphatic carbocycles. The summed E-state index contributed by atoms with van der Waals surface area (Å²) < 4.78 is 0. The average molecular weight is 222 g/mol. The van der Waals surface area contributed by atoms with Gasteiger partial charge in [0.1, 0.15) is 11.5 Å². The molecule has 0 aliphatic rings. The van der Waals surface area contributed by atoms with Crippen molar-refractivity contribution in [1.29, 1.82) is 0 Å². The zero-order valence-corrected chi connectivity index (χ0v) is 9.57. The number of hydrogen-bond acceptors (Lipinski definition) is 3. The predicted molar refractivity (Wildman–Crippen MR) is 62.9 cm³/mol. The molecule has 88 valence electrons. The van der Waals surface area contributed by atoms with Crippen molar-refractivity contribution < 1.29 is 15.0 Å². The van der Waals surface area contributed by atoms with E-state index in [1.165, 1.54) is 18.2 Å². The molecule has 0 atom stereocenters. The van der Waals surface area contributed by atoms with Crippen molar-refractivity contribution >= 4 is 5.78 Å². The van der Waals surface area contributed by atoms with E-state index < -0.39 is 0 Å². The molecule has 0 aromatic heterocycles. The quantitative estimate of drug-likeness (QED) is 0.441. The molecule has 3 nitrogen and oxygen atoms in total. The summed E-state index contributed by atoms with van der Waals surface area (Å²) in [5, 5.41) is 18.7. The number of rotatable bonds is 6. The molecule has 0 amide bonds. The third-order valence-electron chi connectivity index (χ3n) is 2.54. The van der Waals surface area contributed by atoms with E-state index in [-0.39, 0.29) is 22.8 Å². The minimum Gasteiger partial charge on any atom is -0.508 e. The second kappa shape index (κ2) is 6.16. The van der Waals surface area contributed by atoms with Gasteiger partial charge in [0.2, 0.25) is 0 Å². The summed E-state index contributed by atoms with van der Waals surface area (Å²) in [6.07, 6.45) is 4.55. The van der Waals surface area contributed by atoms with Crippen LogP contribution in [0.5, 0.6) is 11.5 Å². The van der Waals surface area contributed by atoms with Crippen LogP contribution >= 0.6 is 0 Å². The van der Waals surface area contributed by atoms with Crippen LogP contribution in [0.15, 0.2) is 18.2 Å². The highest BCUT2D eigenvalue weighted by Crippen LogP contribution is 2.24. The van der Waals surface area contributed by atoms with Gasteiger partial charge >= 0.3 is 0 Å². The van der Waals surface area contributed by atoms with Crippen molar-refractivity contribution in [3.05, 3.63) is 23.8 Å². The molecule has 0 spiro atoms. The molecule has 0 saturated carbocycles. The van der Waals surface area contributed by atoms with Crippen LogP contribution in [-0.2, 0) is 0 Å². The van der Waals surface area contributed by atoms with Gasteiger partial charge in [0.25, 0.3) is 0 Å². The molecule has 0 radical (unpaired) electrons. The molecule has 2 N–H and O–H groups in total. The molecular formula is C13H18O3. The van der Waals surface area contributed by atoms with E-state index in [9.17, 15) is 15.0 Å². The average Bonchev–Trinajstić information content (AvgIpc) is 2.27. The van der Waals surface area contributed by atoms with E-state index in [0.29, 0.717) is 6.42 Å². The van der Waals surface area contributed by atoms with Crippen LogP contribution in [0.25, 0.3) is 0 Å². The van der Waals surface area contributed by atoms with Crippen molar-refractivity contribution in [3.63, 3.8) is 0 Å². The maximum Gasteiger partial charge on any atom is 0.166 e. The molecule has 0 saturated heterocycles. The minimum atomic E-state index is -0.107. The van der Waals surface area contributed by atoms with Gasteiger partial charge in [-0.1, -0.05) is 26.2 Å². The van der Waals surface area contributed by atoms with Crippen LogP contribution in [0.1, 0.15) is 49.4 Å². The van der Waals surface area contributed by atoms with E-state index in [4.69, 9.17) is 0 Å². The van der Waals surface area contributed by atoms with Gasteiger partial charge in [-0.3, -0.25) is 4.79 Å².